The largest absolute Gasteiger partial charge is 0.490 e. The van der Waals surface area contributed by atoms with E-state index in [2.05, 4.69) is 22.0 Å². The molecular formula is C22H22N4O3S. The third kappa shape index (κ3) is 4.18. The van der Waals surface area contributed by atoms with Gasteiger partial charge in [-0.2, -0.15) is 9.50 Å². The molecule has 30 heavy (non-hydrogen) atoms. The van der Waals surface area contributed by atoms with Crippen LogP contribution in [0.2, 0.25) is 0 Å². The number of hydrogen-bond donors (Lipinski definition) is 0. The summed E-state index contributed by atoms with van der Waals surface area (Å²) in [6.45, 7) is 5.24. The molecule has 0 amide bonds. The third-order valence-corrected chi connectivity index (χ3v) is 5.38. The first-order valence-electron chi connectivity index (χ1n) is 9.91. The van der Waals surface area contributed by atoms with E-state index in [9.17, 15) is 4.79 Å². The van der Waals surface area contributed by atoms with E-state index in [1.165, 1.54) is 15.9 Å². The molecule has 1 aromatic carbocycles. The molecule has 154 valence electrons. The van der Waals surface area contributed by atoms with Crippen LogP contribution in [0.1, 0.15) is 32.3 Å². The van der Waals surface area contributed by atoms with Gasteiger partial charge in [-0.15, -0.1) is 5.10 Å². The van der Waals surface area contributed by atoms with Crippen molar-refractivity contribution in [3.05, 3.63) is 63.2 Å². The molecule has 0 saturated carbocycles. The lowest BCUT2D eigenvalue weighted by Gasteiger charge is -2.12. The molecule has 0 atom stereocenters. The van der Waals surface area contributed by atoms with Crippen LogP contribution in [-0.2, 0) is 0 Å². The number of pyridine rings is 1. The van der Waals surface area contributed by atoms with Crippen LogP contribution in [-0.4, -0.2) is 32.8 Å². The lowest BCUT2D eigenvalue weighted by Crippen LogP contribution is -2.23. The highest BCUT2D eigenvalue weighted by Crippen LogP contribution is 2.29. The Labute approximate surface area is 177 Å². The van der Waals surface area contributed by atoms with E-state index in [-0.39, 0.29) is 5.56 Å². The number of benzene rings is 1. The van der Waals surface area contributed by atoms with Crippen molar-refractivity contribution in [1.82, 2.24) is 19.6 Å². The van der Waals surface area contributed by atoms with Gasteiger partial charge in [0, 0.05) is 18.0 Å². The smallest absolute Gasteiger partial charge is 0.291 e. The fourth-order valence-corrected chi connectivity index (χ4v) is 3.84. The molecule has 0 bridgehead atoms. The number of ether oxygens (including phenoxy) is 2. The molecular weight excluding hydrogens is 400 g/mol. The fraction of sp³-hybridized carbons (Fsp3) is 0.273. The van der Waals surface area contributed by atoms with E-state index in [0.29, 0.717) is 40.0 Å². The SMILES string of the molecule is CCCCOc1ccc(C=c2sc3nc(-c4cccnc4)nn3c2=O)cc1OCC. The second-order valence-electron chi connectivity index (χ2n) is 6.63. The number of thiazole rings is 1. The quantitative estimate of drug-likeness (QED) is 0.405. The van der Waals surface area contributed by atoms with Gasteiger partial charge in [-0.25, -0.2) is 0 Å². The highest BCUT2D eigenvalue weighted by atomic mass is 32.1. The standard InChI is InChI=1S/C22H22N4O3S/c1-3-5-11-29-17-9-8-15(12-18(17)28-4-2)13-19-21(27)26-22(30-19)24-20(25-26)16-7-6-10-23-14-16/h6-10,12-14H,3-5,11H2,1-2H3. The molecule has 0 spiro atoms. The molecule has 4 rings (SSSR count). The van der Waals surface area contributed by atoms with Crippen LogP contribution in [0.4, 0.5) is 0 Å². The zero-order valence-corrected chi connectivity index (χ0v) is 17.7. The van der Waals surface area contributed by atoms with Crippen molar-refractivity contribution in [1.29, 1.82) is 0 Å². The maximum atomic E-state index is 12.8. The normalized spacial score (nSPS) is 11.9. The van der Waals surface area contributed by atoms with E-state index < -0.39 is 0 Å². The Bertz CT molecular complexity index is 1250. The summed E-state index contributed by atoms with van der Waals surface area (Å²) in [7, 11) is 0. The lowest BCUT2D eigenvalue weighted by atomic mass is 10.2. The Kier molecular flexibility index (Phi) is 6.04. The highest BCUT2D eigenvalue weighted by molar-refractivity contribution is 7.15. The van der Waals surface area contributed by atoms with Crippen LogP contribution >= 0.6 is 11.3 Å². The van der Waals surface area contributed by atoms with Crippen molar-refractivity contribution < 1.29 is 9.47 Å². The summed E-state index contributed by atoms with van der Waals surface area (Å²) in [5, 5.41) is 4.35. The van der Waals surface area contributed by atoms with Gasteiger partial charge in [0.15, 0.2) is 17.3 Å². The Morgan fingerprint density at radius 3 is 2.80 bits per heavy atom. The number of aromatic nitrogens is 4. The summed E-state index contributed by atoms with van der Waals surface area (Å²) < 4.78 is 13.4. The molecule has 0 N–H and O–H groups in total. The Hall–Kier alpha value is -3.26. The second kappa shape index (κ2) is 9.04. The predicted molar refractivity (Wildman–Crippen MR) is 117 cm³/mol. The van der Waals surface area contributed by atoms with Crippen molar-refractivity contribution in [2.45, 2.75) is 26.7 Å². The van der Waals surface area contributed by atoms with Crippen LogP contribution < -0.4 is 19.6 Å². The molecule has 0 aliphatic rings. The van der Waals surface area contributed by atoms with E-state index in [1.807, 2.05) is 43.3 Å². The van der Waals surface area contributed by atoms with Gasteiger partial charge in [-0.3, -0.25) is 9.78 Å². The van der Waals surface area contributed by atoms with Gasteiger partial charge in [0.05, 0.1) is 17.7 Å². The minimum Gasteiger partial charge on any atom is -0.490 e. The maximum absolute atomic E-state index is 12.8. The van der Waals surface area contributed by atoms with E-state index in [0.717, 1.165) is 24.0 Å². The maximum Gasteiger partial charge on any atom is 0.291 e. The summed E-state index contributed by atoms with van der Waals surface area (Å²) in [5.74, 6) is 1.88. The monoisotopic (exact) mass is 422 g/mol. The first kappa shape index (κ1) is 20.0. The van der Waals surface area contributed by atoms with Crippen molar-refractivity contribution in [3.63, 3.8) is 0 Å². The zero-order valence-electron chi connectivity index (χ0n) is 16.9. The fourth-order valence-electron chi connectivity index (χ4n) is 2.93. The summed E-state index contributed by atoms with van der Waals surface area (Å²) in [6, 6.07) is 9.37. The van der Waals surface area contributed by atoms with Gasteiger partial charge in [0.1, 0.15) is 0 Å². The molecule has 7 nitrogen and oxygen atoms in total. The Morgan fingerprint density at radius 1 is 1.17 bits per heavy atom. The number of nitrogens with zero attached hydrogens (tertiary/aromatic N) is 4. The van der Waals surface area contributed by atoms with Crippen LogP contribution in [0.25, 0.3) is 22.4 Å². The average molecular weight is 423 g/mol. The second-order valence-corrected chi connectivity index (χ2v) is 7.64. The zero-order chi connectivity index (χ0) is 20.9. The highest BCUT2D eigenvalue weighted by Gasteiger charge is 2.12. The first-order chi connectivity index (χ1) is 14.7. The third-order valence-electron chi connectivity index (χ3n) is 4.42. The average Bonchev–Trinajstić information content (AvgIpc) is 3.30. The topological polar surface area (TPSA) is 78.6 Å². The van der Waals surface area contributed by atoms with Gasteiger partial charge < -0.3 is 9.47 Å². The van der Waals surface area contributed by atoms with Crippen LogP contribution in [0.15, 0.2) is 47.5 Å². The molecule has 0 radical (unpaired) electrons. The van der Waals surface area contributed by atoms with Gasteiger partial charge in [0.2, 0.25) is 4.96 Å². The molecule has 3 aromatic heterocycles. The first-order valence-corrected chi connectivity index (χ1v) is 10.7. The Morgan fingerprint density at radius 2 is 2.07 bits per heavy atom. The molecule has 0 fully saturated rings. The van der Waals surface area contributed by atoms with Gasteiger partial charge in [-0.1, -0.05) is 30.7 Å². The molecule has 8 heteroatoms. The predicted octanol–water partition coefficient (Wildman–Crippen LogP) is 3.34. The van der Waals surface area contributed by atoms with Gasteiger partial charge >= 0.3 is 0 Å². The van der Waals surface area contributed by atoms with E-state index in [4.69, 9.17) is 9.47 Å². The summed E-state index contributed by atoms with van der Waals surface area (Å²) >= 11 is 1.30. The van der Waals surface area contributed by atoms with Crippen LogP contribution in [0.5, 0.6) is 11.5 Å². The van der Waals surface area contributed by atoms with Crippen LogP contribution in [0.3, 0.4) is 0 Å². The molecule has 0 aliphatic heterocycles. The minimum atomic E-state index is -0.195. The van der Waals surface area contributed by atoms with E-state index in [1.54, 1.807) is 12.4 Å². The van der Waals surface area contributed by atoms with Crippen LogP contribution in [0, 0.1) is 0 Å². The number of fused-ring (bicyclic) bond motifs is 1. The molecule has 4 aromatic rings. The van der Waals surface area contributed by atoms with Crippen molar-refractivity contribution in [2.75, 3.05) is 13.2 Å². The number of hydrogen-bond acceptors (Lipinski definition) is 7. The molecule has 0 aliphatic carbocycles. The number of rotatable bonds is 8. The van der Waals surface area contributed by atoms with Gasteiger partial charge in [-0.05, 0) is 49.2 Å². The number of unbranched alkanes of at least 4 members (excludes halogenated alkanes) is 1. The Balaban J connectivity index is 1.67. The molecule has 0 unspecified atom stereocenters. The van der Waals surface area contributed by atoms with Crippen molar-refractivity contribution >= 4 is 22.4 Å². The summed E-state index contributed by atoms with van der Waals surface area (Å²) in [6.07, 6.45) is 7.24. The summed E-state index contributed by atoms with van der Waals surface area (Å²) in [4.78, 5) is 21.9. The van der Waals surface area contributed by atoms with Gasteiger partial charge in [0.25, 0.3) is 5.56 Å². The lowest BCUT2D eigenvalue weighted by molar-refractivity contribution is 0.272. The summed E-state index contributed by atoms with van der Waals surface area (Å²) in [5.41, 5.74) is 1.44. The molecule has 0 saturated heterocycles. The van der Waals surface area contributed by atoms with E-state index >= 15 is 0 Å². The van der Waals surface area contributed by atoms with Crippen molar-refractivity contribution in [2.24, 2.45) is 0 Å². The van der Waals surface area contributed by atoms with Crippen molar-refractivity contribution in [3.8, 4) is 22.9 Å². The molecule has 3 heterocycles. The minimum absolute atomic E-state index is 0.195.